The summed E-state index contributed by atoms with van der Waals surface area (Å²) in [6.07, 6.45) is 13.1. The molecule has 6 heterocycles. The largest absolute Gasteiger partial charge is 0.311 e. The Morgan fingerprint density at radius 3 is 1.13 bits per heavy atom. The number of aliphatic imine (C=N–C) groups is 1. The predicted octanol–water partition coefficient (Wildman–Crippen LogP) is 11.4. The molecule has 0 radical (unpaired) electrons. The normalized spacial score (nSPS) is 51.7. The second-order valence-electron chi connectivity index (χ2n) is 24.5. The van der Waals surface area contributed by atoms with Gasteiger partial charge in [-0.05, 0) is 143 Å². The van der Waals surface area contributed by atoms with Gasteiger partial charge in [0.15, 0.2) is 0 Å². The maximum Gasteiger partial charge on any atom is 0.0505 e. The Balaban J connectivity index is 1.44. The number of hydrogen-bond donors (Lipinski definition) is 5. The van der Waals surface area contributed by atoms with Crippen LogP contribution >= 0.6 is 0 Å². The Bertz CT molecular complexity index is 1500. The Hall–Kier alpha value is -0.790. The van der Waals surface area contributed by atoms with E-state index in [-0.39, 0.29) is 0 Å². The topological polar surface area (TPSA) is 72.5 Å². The van der Waals surface area contributed by atoms with Crippen LogP contribution in [0.25, 0.3) is 0 Å². The van der Waals surface area contributed by atoms with Crippen LogP contribution in [0.3, 0.4) is 0 Å². The molecular formula is C57H104N6. The van der Waals surface area contributed by atoms with Crippen LogP contribution in [0.5, 0.6) is 0 Å². The third kappa shape index (κ3) is 8.91. The highest BCUT2D eigenvalue weighted by Gasteiger charge is 2.56. The molecule has 5 N–H and O–H groups in total. The smallest absolute Gasteiger partial charge is 0.0505 e. The molecule has 0 aromatic rings. The fraction of sp³-hybridized carbons (Fsp3) is 0.947. The first kappa shape index (κ1) is 50.1. The number of nitrogens with zero attached hydrogens (tertiary/aromatic N) is 1. The monoisotopic (exact) mass is 873 g/mol. The number of rotatable bonds is 15. The fourth-order valence-electron chi connectivity index (χ4n) is 18.6. The van der Waals surface area contributed by atoms with Gasteiger partial charge in [-0.1, -0.05) is 133 Å². The quantitative estimate of drug-likeness (QED) is 0.106. The third-order valence-electron chi connectivity index (χ3n) is 21.9. The molecule has 0 aromatic heterocycles. The summed E-state index contributed by atoms with van der Waals surface area (Å²) in [6, 6.07) is 5.62. The van der Waals surface area contributed by atoms with Gasteiger partial charge < -0.3 is 26.6 Å². The van der Waals surface area contributed by atoms with E-state index in [0.717, 1.165) is 11.8 Å². The van der Waals surface area contributed by atoms with Crippen LogP contribution in [0.15, 0.2) is 16.6 Å². The SMILES string of the molecule is CCC1C(C)N=C(C(C2CC(C(C3NC(C)C(CC)C3C)C3NC(C)C(CC)C3C)=CC(C(C3NC(C)C(CC)C3C)C3NC(C)C(CC)C3C)C2)C2NC(C)C(CC)C2C)C1C. The Morgan fingerprint density at radius 2 is 0.794 bits per heavy atom. The minimum absolute atomic E-state index is 0.410. The Kier molecular flexibility index (Phi) is 16.2. The highest BCUT2D eigenvalue weighted by atomic mass is 15.1. The molecule has 26 atom stereocenters. The lowest BCUT2D eigenvalue weighted by Gasteiger charge is -2.48. The van der Waals surface area contributed by atoms with Crippen molar-refractivity contribution in [2.24, 2.45) is 106 Å². The second kappa shape index (κ2) is 20.4. The molecule has 6 nitrogen and oxygen atoms in total. The van der Waals surface area contributed by atoms with Gasteiger partial charge in [-0.15, -0.1) is 0 Å². The van der Waals surface area contributed by atoms with Gasteiger partial charge in [0.1, 0.15) is 0 Å². The third-order valence-corrected chi connectivity index (χ3v) is 21.9. The molecule has 1 aliphatic carbocycles. The summed E-state index contributed by atoms with van der Waals surface area (Å²) in [6.45, 7) is 45.5. The van der Waals surface area contributed by atoms with Crippen molar-refractivity contribution in [3.05, 3.63) is 11.6 Å². The molecule has 26 unspecified atom stereocenters. The van der Waals surface area contributed by atoms with Crippen LogP contribution in [0.2, 0.25) is 0 Å². The van der Waals surface area contributed by atoms with Gasteiger partial charge in [0.05, 0.1) is 6.04 Å². The average Bonchev–Trinajstić information content (AvgIpc) is 4.03. The van der Waals surface area contributed by atoms with Gasteiger partial charge in [0.25, 0.3) is 0 Å². The van der Waals surface area contributed by atoms with Gasteiger partial charge in [0.2, 0.25) is 0 Å². The lowest BCUT2D eigenvalue weighted by atomic mass is 9.59. The van der Waals surface area contributed by atoms with Crippen molar-refractivity contribution in [3.63, 3.8) is 0 Å². The lowest BCUT2D eigenvalue weighted by molar-refractivity contribution is 0.126. The summed E-state index contributed by atoms with van der Waals surface area (Å²) in [5.74, 6) is 10.6. The Labute approximate surface area is 390 Å². The van der Waals surface area contributed by atoms with E-state index in [1.165, 1.54) is 51.4 Å². The van der Waals surface area contributed by atoms with E-state index >= 15 is 0 Å². The second-order valence-corrected chi connectivity index (χ2v) is 24.5. The molecule has 7 rings (SSSR count). The molecule has 0 saturated carbocycles. The van der Waals surface area contributed by atoms with E-state index in [1.807, 2.05) is 5.57 Å². The summed E-state index contributed by atoms with van der Waals surface area (Å²) in [4.78, 5) is 5.88. The Morgan fingerprint density at radius 1 is 0.460 bits per heavy atom. The zero-order valence-corrected chi connectivity index (χ0v) is 44.3. The van der Waals surface area contributed by atoms with E-state index in [2.05, 4.69) is 157 Å². The molecule has 6 heteroatoms. The molecule has 0 amide bonds. The van der Waals surface area contributed by atoms with Crippen molar-refractivity contribution in [1.29, 1.82) is 0 Å². The van der Waals surface area contributed by atoms with E-state index < -0.39 is 0 Å². The molecule has 63 heavy (non-hydrogen) atoms. The molecule has 362 valence electrons. The maximum atomic E-state index is 5.88. The standard InChI is InChI=1S/C57H104N6/c1-19-43-28(7)52(58-34(43)13)49(53-29(8)44(20-2)35(14)59-53)40-25-41(50(54-30(9)45(21-3)36(15)60-54)55-31(10)46(22-4)37(16)61-55)27-42(26-40)51(56-32(11)47(23-5)38(17)62-56)57-33(12)48(24-6)39(18)63-57/h25,28-40,42-56,58-62H,19-24,26-27H2,1-18H3. The lowest BCUT2D eigenvalue weighted by Crippen LogP contribution is -2.54. The molecule has 7 aliphatic rings. The summed E-state index contributed by atoms with van der Waals surface area (Å²) in [5.41, 5.74) is 3.42. The molecule has 0 bridgehead atoms. The van der Waals surface area contributed by atoms with Crippen molar-refractivity contribution in [2.45, 2.75) is 242 Å². The van der Waals surface area contributed by atoms with Crippen LogP contribution in [-0.2, 0) is 0 Å². The summed E-state index contributed by atoms with van der Waals surface area (Å²) < 4.78 is 0. The minimum atomic E-state index is 0.410. The van der Waals surface area contributed by atoms with Gasteiger partial charge in [-0.2, -0.15) is 0 Å². The van der Waals surface area contributed by atoms with Gasteiger partial charge in [-0.3, -0.25) is 4.99 Å². The first-order valence-corrected chi connectivity index (χ1v) is 28.1. The maximum absolute atomic E-state index is 5.88. The molecule has 5 saturated heterocycles. The van der Waals surface area contributed by atoms with Crippen LogP contribution in [0.4, 0.5) is 0 Å². The highest BCUT2D eigenvalue weighted by Crippen LogP contribution is 2.54. The summed E-state index contributed by atoms with van der Waals surface area (Å²) >= 11 is 0. The molecule has 6 aliphatic heterocycles. The summed E-state index contributed by atoms with van der Waals surface area (Å²) in [7, 11) is 0. The molecule has 0 aromatic carbocycles. The van der Waals surface area contributed by atoms with Crippen LogP contribution in [0.1, 0.15) is 176 Å². The van der Waals surface area contributed by atoms with Crippen molar-refractivity contribution >= 4 is 5.71 Å². The molecule has 5 fully saturated rings. The average molecular weight is 874 g/mol. The van der Waals surface area contributed by atoms with Crippen LogP contribution in [0, 0.1) is 101 Å². The van der Waals surface area contributed by atoms with E-state index in [4.69, 9.17) is 4.99 Å². The zero-order chi connectivity index (χ0) is 45.9. The summed E-state index contributed by atoms with van der Waals surface area (Å²) in [5, 5.41) is 22.1. The van der Waals surface area contributed by atoms with Crippen molar-refractivity contribution in [3.8, 4) is 0 Å². The molecular weight excluding hydrogens is 769 g/mol. The first-order valence-electron chi connectivity index (χ1n) is 28.1. The van der Waals surface area contributed by atoms with E-state index in [0.29, 0.717) is 155 Å². The van der Waals surface area contributed by atoms with E-state index in [1.54, 1.807) is 5.71 Å². The van der Waals surface area contributed by atoms with Crippen LogP contribution < -0.4 is 26.6 Å². The van der Waals surface area contributed by atoms with Gasteiger partial charge >= 0.3 is 0 Å². The predicted molar refractivity (Wildman–Crippen MR) is 271 cm³/mol. The minimum Gasteiger partial charge on any atom is -0.311 e. The molecule has 0 spiro atoms. The zero-order valence-electron chi connectivity index (χ0n) is 44.3. The van der Waals surface area contributed by atoms with E-state index in [9.17, 15) is 0 Å². The van der Waals surface area contributed by atoms with Crippen molar-refractivity contribution in [2.75, 3.05) is 0 Å². The number of hydrogen-bond acceptors (Lipinski definition) is 6. The van der Waals surface area contributed by atoms with Crippen molar-refractivity contribution < 1.29 is 0 Å². The van der Waals surface area contributed by atoms with Crippen molar-refractivity contribution in [1.82, 2.24) is 26.6 Å². The number of allylic oxidation sites excluding steroid dienone is 1. The van der Waals surface area contributed by atoms with Gasteiger partial charge in [-0.25, -0.2) is 0 Å². The highest BCUT2D eigenvalue weighted by molar-refractivity contribution is 5.92. The first-order chi connectivity index (χ1) is 30.0. The number of nitrogens with one attached hydrogen (secondary N) is 5. The fourth-order valence-corrected chi connectivity index (χ4v) is 18.6. The van der Waals surface area contributed by atoms with Gasteiger partial charge in [0, 0.05) is 78.0 Å². The van der Waals surface area contributed by atoms with Crippen LogP contribution in [-0.4, -0.2) is 72.2 Å².